The van der Waals surface area contributed by atoms with Crippen LogP contribution in [-0.2, 0) is 12.0 Å². The van der Waals surface area contributed by atoms with Gasteiger partial charge >= 0.3 is 0 Å². The van der Waals surface area contributed by atoms with Gasteiger partial charge in [0.1, 0.15) is 5.76 Å². The molecule has 1 aliphatic heterocycles. The zero-order valence-electron chi connectivity index (χ0n) is 10.4. The molecule has 1 N–H and O–H groups in total. The molecule has 1 saturated heterocycles. The van der Waals surface area contributed by atoms with Gasteiger partial charge in [-0.15, -0.1) is 0 Å². The van der Waals surface area contributed by atoms with Crippen LogP contribution in [-0.4, -0.2) is 33.7 Å². The number of aliphatic hydroxyl groups is 1. The van der Waals surface area contributed by atoms with Crippen LogP contribution in [0.5, 0.6) is 0 Å². The molecule has 16 heavy (non-hydrogen) atoms. The van der Waals surface area contributed by atoms with Crippen molar-refractivity contribution in [3.05, 3.63) is 17.8 Å². The van der Waals surface area contributed by atoms with E-state index in [2.05, 4.69) is 30.7 Å². The molecule has 2 rings (SSSR count). The fraction of sp³-hybridized carbons (Fsp3) is 0.750. The van der Waals surface area contributed by atoms with Crippen LogP contribution in [0.3, 0.4) is 0 Å². The van der Waals surface area contributed by atoms with Gasteiger partial charge in [-0.05, 0) is 6.92 Å². The van der Waals surface area contributed by atoms with E-state index in [0.717, 1.165) is 11.7 Å². The maximum absolute atomic E-state index is 9.60. The summed E-state index contributed by atoms with van der Waals surface area (Å²) in [6, 6.07) is 0. The zero-order chi connectivity index (χ0) is 12.0. The van der Waals surface area contributed by atoms with Crippen LogP contribution in [0.15, 0.2) is 10.6 Å². The first-order chi connectivity index (χ1) is 7.26. The van der Waals surface area contributed by atoms with Crippen LogP contribution in [0.2, 0.25) is 0 Å². The smallest absolute Gasteiger partial charge is 0.208 e. The van der Waals surface area contributed by atoms with E-state index in [1.54, 1.807) is 6.20 Å². The van der Waals surface area contributed by atoms with E-state index in [9.17, 15) is 5.11 Å². The third-order valence-electron chi connectivity index (χ3n) is 2.78. The van der Waals surface area contributed by atoms with Gasteiger partial charge in [-0.2, -0.15) is 0 Å². The Morgan fingerprint density at radius 2 is 2.12 bits per heavy atom. The Hall–Kier alpha value is -0.870. The van der Waals surface area contributed by atoms with Crippen LogP contribution in [0.25, 0.3) is 0 Å². The summed E-state index contributed by atoms with van der Waals surface area (Å²) in [7, 11) is 0. The van der Waals surface area contributed by atoms with Gasteiger partial charge in [-0.25, -0.2) is 4.98 Å². The number of likely N-dealkylation sites (tertiary alicyclic amines) is 1. The number of oxazole rings is 1. The first-order valence-corrected chi connectivity index (χ1v) is 5.66. The van der Waals surface area contributed by atoms with Crippen LogP contribution in [0.4, 0.5) is 0 Å². The molecule has 0 radical (unpaired) electrons. The summed E-state index contributed by atoms with van der Waals surface area (Å²) in [5.74, 6) is 1.65. The lowest BCUT2D eigenvalue weighted by Crippen LogP contribution is -2.59. The van der Waals surface area contributed by atoms with Crippen molar-refractivity contribution in [3.8, 4) is 0 Å². The summed E-state index contributed by atoms with van der Waals surface area (Å²) in [4.78, 5) is 6.39. The predicted octanol–water partition coefficient (Wildman–Crippen LogP) is 1.54. The maximum Gasteiger partial charge on any atom is 0.208 e. The molecule has 0 unspecified atom stereocenters. The molecule has 4 nitrogen and oxygen atoms in total. The highest BCUT2D eigenvalue weighted by atomic mass is 16.4. The van der Waals surface area contributed by atoms with E-state index < -0.39 is 5.60 Å². The molecule has 0 atom stereocenters. The molecule has 2 heterocycles. The standard InChI is InChI=1S/C12H20N2O2/c1-11(2,3)9-5-13-10(16-9)6-14-7-12(4,15)8-14/h5,15H,6-8H2,1-4H3. The third kappa shape index (κ3) is 2.44. The van der Waals surface area contributed by atoms with E-state index in [-0.39, 0.29) is 5.41 Å². The largest absolute Gasteiger partial charge is 0.444 e. The summed E-state index contributed by atoms with van der Waals surface area (Å²) >= 11 is 0. The maximum atomic E-state index is 9.60. The van der Waals surface area contributed by atoms with Gasteiger partial charge in [0.05, 0.1) is 18.3 Å². The minimum absolute atomic E-state index is 0.00564. The van der Waals surface area contributed by atoms with Crippen molar-refractivity contribution in [1.29, 1.82) is 0 Å². The van der Waals surface area contributed by atoms with Crippen LogP contribution >= 0.6 is 0 Å². The van der Waals surface area contributed by atoms with Crippen molar-refractivity contribution in [2.24, 2.45) is 0 Å². The zero-order valence-corrected chi connectivity index (χ0v) is 10.4. The molecule has 4 heteroatoms. The van der Waals surface area contributed by atoms with Gasteiger partial charge in [0.2, 0.25) is 5.89 Å². The summed E-state index contributed by atoms with van der Waals surface area (Å²) in [5, 5.41) is 9.60. The first-order valence-electron chi connectivity index (χ1n) is 5.66. The number of rotatable bonds is 2. The van der Waals surface area contributed by atoms with Crippen molar-refractivity contribution in [2.45, 2.75) is 45.3 Å². The number of β-amino-alcohol motifs (C(OH)–C–C–N with tert-alkyl or cyclic N) is 1. The molecule has 0 aromatic carbocycles. The Bertz CT molecular complexity index is 369. The Morgan fingerprint density at radius 3 is 2.56 bits per heavy atom. The molecule has 1 aromatic rings. The van der Waals surface area contributed by atoms with Crippen molar-refractivity contribution in [3.63, 3.8) is 0 Å². The average molecular weight is 224 g/mol. The van der Waals surface area contributed by atoms with Crippen molar-refractivity contribution in [1.82, 2.24) is 9.88 Å². The minimum Gasteiger partial charge on any atom is -0.444 e. The predicted molar refractivity (Wildman–Crippen MR) is 61.1 cm³/mol. The quantitative estimate of drug-likeness (QED) is 0.828. The van der Waals surface area contributed by atoms with Gasteiger partial charge in [0.15, 0.2) is 0 Å². The highest BCUT2D eigenvalue weighted by Gasteiger charge is 2.37. The second-order valence-corrected chi connectivity index (χ2v) is 6.01. The Kier molecular flexibility index (Phi) is 2.59. The molecule has 1 fully saturated rings. The first kappa shape index (κ1) is 11.6. The summed E-state index contributed by atoms with van der Waals surface area (Å²) < 4.78 is 5.69. The highest BCUT2D eigenvalue weighted by Crippen LogP contribution is 2.25. The second-order valence-electron chi connectivity index (χ2n) is 6.01. The molecule has 90 valence electrons. The summed E-state index contributed by atoms with van der Waals surface area (Å²) in [5.41, 5.74) is -0.523. The molecule has 1 aliphatic rings. The summed E-state index contributed by atoms with van der Waals surface area (Å²) in [6.07, 6.45) is 1.80. The van der Waals surface area contributed by atoms with Crippen molar-refractivity contribution >= 4 is 0 Å². The lowest BCUT2D eigenvalue weighted by Gasteiger charge is -2.43. The lowest BCUT2D eigenvalue weighted by molar-refractivity contribution is -0.0898. The van der Waals surface area contributed by atoms with Gasteiger partial charge in [0.25, 0.3) is 0 Å². The molecular weight excluding hydrogens is 204 g/mol. The fourth-order valence-corrected chi connectivity index (χ4v) is 1.95. The summed E-state index contributed by atoms with van der Waals surface area (Å²) in [6.45, 7) is 10.2. The highest BCUT2D eigenvalue weighted by molar-refractivity contribution is 5.06. The fourth-order valence-electron chi connectivity index (χ4n) is 1.95. The topological polar surface area (TPSA) is 49.5 Å². The van der Waals surface area contributed by atoms with Crippen molar-refractivity contribution in [2.75, 3.05) is 13.1 Å². The lowest BCUT2D eigenvalue weighted by atomic mass is 9.94. The monoisotopic (exact) mass is 224 g/mol. The Balaban J connectivity index is 1.94. The minimum atomic E-state index is -0.528. The van der Waals surface area contributed by atoms with E-state index in [1.807, 2.05) is 6.92 Å². The number of nitrogens with zero attached hydrogens (tertiary/aromatic N) is 2. The van der Waals surface area contributed by atoms with Crippen molar-refractivity contribution < 1.29 is 9.52 Å². The second kappa shape index (κ2) is 3.57. The van der Waals surface area contributed by atoms with Gasteiger partial charge in [-0.3, -0.25) is 4.90 Å². The van der Waals surface area contributed by atoms with Crippen LogP contribution in [0, 0.1) is 0 Å². The molecule has 1 aromatic heterocycles. The number of aromatic nitrogens is 1. The normalized spacial score (nSPS) is 20.8. The van der Waals surface area contributed by atoms with Crippen LogP contribution in [0.1, 0.15) is 39.3 Å². The number of hydrogen-bond acceptors (Lipinski definition) is 4. The molecular formula is C12H20N2O2. The van der Waals surface area contributed by atoms with Gasteiger partial charge in [-0.1, -0.05) is 20.8 Å². The molecule has 0 saturated carbocycles. The van der Waals surface area contributed by atoms with Gasteiger partial charge < -0.3 is 9.52 Å². The van der Waals surface area contributed by atoms with E-state index in [1.165, 1.54) is 0 Å². The Labute approximate surface area is 96.3 Å². The SMILES string of the molecule is CC1(O)CN(Cc2ncc(C(C)(C)C)o2)C1. The Morgan fingerprint density at radius 1 is 1.50 bits per heavy atom. The third-order valence-corrected chi connectivity index (χ3v) is 2.78. The van der Waals surface area contributed by atoms with Crippen LogP contribution < -0.4 is 0 Å². The van der Waals surface area contributed by atoms with E-state index in [4.69, 9.17) is 4.42 Å². The molecule has 0 spiro atoms. The van der Waals surface area contributed by atoms with E-state index in [0.29, 0.717) is 19.6 Å². The van der Waals surface area contributed by atoms with E-state index >= 15 is 0 Å². The molecule has 0 amide bonds. The molecule has 0 aliphatic carbocycles. The average Bonchev–Trinajstić information content (AvgIpc) is 2.48. The van der Waals surface area contributed by atoms with Gasteiger partial charge in [0, 0.05) is 18.5 Å². The number of hydrogen-bond donors (Lipinski definition) is 1. The molecule has 0 bridgehead atoms.